The maximum atomic E-state index is 6.00. The van der Waals surface area contributed by atoms with Crippen LogP contribution in [-0.2, 0) is 26.1 Å². The van der Waals surface area contributed by atoms with Gasteiger partial charge in [-0.05, 0) is 47.2 Å². The van der Waals surface area contributed by atoms with E-state index in [4.69, 9.17) is 9.47 Å². The molecule has 0 bridgehead atoms. The Hall–Kier alpha value is -3.26. The van der Waals surface area contributed by atoms with Gasteiger partial charge in [-0.15, -0.1) is 13.2 Å². The molecule has 0 unspecified atom stereocenters. The second-order valence-electron chi connectivity index (χ2n) is 6.59. The molecular formula is C26H26O2. The minimum absolute atomic E-state index is 0.539. The van der Waals surface area contributed by atoms with Crippen molar-refractivity contribution in [3.63, 3.8) is 0 Å². The van der Waals surface area contributed by atoms with Crippen LogP contribution in [-0.4, -0.2) is 0 Å². The molecule has 2 nitrogen and oxygen atoms in total. The zero-order valence-electron chi connectivity index (χ0n) is 16.1. The summed E-state index contributed by atoms with van der Waals surface area (Å²) in [6.07, 6.45) is 5.40. The van der Waals surface area contributed by atoms with Crippen molar-refractivity contribution < 1.29 is 9.47 Å². The Bertz CT molecular complexity index is 833. The number of para-hydroxylation sites is 2. The average Bonchev–Trinajstić information content (AvgIpc) is 2.74. The minimum Gasteiger partial charge on any atom is -0.489 e. The van der Waals surface area contributed by atoms with Gasteiger partial charge in [-0.3, -0.25) is 0 Å². The topological polar surface area (TPSA) is 18.5 Å². The second-order valence-corrected chi connectivity index (χ2v) is 6.59. The molecule has 0 fully saturated rings. The summed E-state index contributed by atoms with van der Waals surface area (Å²) in [5.74, 6) is 1.82. The molecule has 0 saturated heterocycles. The van der Waals surface area contributed by atoms with Gasteiger partial charge in [0.05, 0.1) is 0 Å². The summed E-state index contributed by atoms with van der Waals surface area (Å²) in [5, 5.41) is 0. The van der Waals surface area contributed by atoms with Gasteiger partial charge in [0.15, 0.2) is 0 Å². The van der Waals surface area contributed by atoms with Crippen LogP contribution in [0, 0.1) is 0 Å². The Kier molecular flexibility index (Phi) is 7.08. The Labute approximate surface area is 167 Å². The van der Waals surface area contributed by atoms with Crippen LogP contribution < -0.4 is 9.47 Å². The molecule has 0 N–H and O–H groups in total. The van der Waals surface area contributed by atoms with Gasteiger partial charge in [0, 0.05) is 0 Å². The van der Waals surface area contributed by atoms with E-state index in [2.05, 4.69) is 49.6 Å². The van der Waals surface area contributed by atoms with E-state index >= 15 is 0 Å². The van der Waals surface area contributed by atoms with Crippen molar-refractivity contribution in [2.24, 2.45) is 0 Å². The van der Waals surface area contributed by atoms with E-state index in [9.17, 15) is 0 Å². The van der Waals surface area contributed by atoms with Gasteiger partial charge >= 0.3 is 0 Å². The third-order valence-corrected chi connectivity index (χ3v) is 4.49. The quantitative estimate of drug-likeness (QED) is 0.390. The van der Waals surface area contributed by atoms with Crippen LogP contribution in [0.5, 0.6) is 11.5 Å². The molecule has 0 atom stereocenters. The first kappa shape index (κ1) is 19.5. The van der Waals surface area contributed by atoms with E-state index in [0.717, 1.165) is 46.6 Å². The van der Waals surface area contributed by atoms with Gasteiger partial charge in [-0.2, -0.15) is 0 Å². The smallest absolute Gasteiger partial charge is 0.123 e. The highest BCUT2D eigenvalue weighted by molar-refractivity contribution is 5.36. The van der Waals surface area contributed by atoms with E-state index in [0.29, 0.717) is 13.2 Å². The highest BCUT2D eigenvalue weighted by atomic mass is 16.5. The van der Waals surface area contributed by atoms with Crippen molar-refractivity contribution in [1.82, 2.24) is 0 Å². The minimum atomic E-state index is 0.539. The molecule has 28 heavy (non-hydrogen) atoms. The van der Waals surface area contributed by atoms with Crippen LogP contribution in [0.2, 0.25) is 0 Å². The first-order valence-corrected chi connectivity index (χ1v) is 9.51. The summed E-state index contributed by atoms with van der Waals surface area (Å²) in [6.45, 7) is 8.69. The Morgan fingerprint density at radius 3 is 1.36 bits per heavy atom. The zero-order chi connectivity index (χ0) is 19.6. The van der Waals surface area contributed by atoms with E-state index in [-0.39, 0.29) is 0 Å². The lowest BCUT2D eigenvalue weighted by atomic mass is 10.1. The Morgan fingerprint density at radius 1 is 0.571 bits per heavy atom. The molecular weight excluding hydrogens is 344 g/mol. The molecule has 0 heterocycles. The number of rotatable bonds is 10. The maximum Gasteiger partial charge on any atom is 0.123 e. The molecule has 0 spiro atoms. The highest BCUT2D eigenvalue weighted by Crippen LogP contribution is 2.22. The van der Waals surface area contributed by atoms with Gasteiger partial charge in [-0.1, -0.05) is 72.8 Å². The summed E-state index contributed by atoms with van der Waals surface area (Å²) in [7, 11) is 0. The molecule has 0 aliphatic heterocycles. The molecule has 142 valence electrons. The molecule has 0 radical (unpaired) electrons. The molecule has 0 aliphatic rings. The van der Waals surface area contributed by atoms with Gasteiger partial charge in [-0.25, -0.2) is 0 Å². The maximum absolute atomic E-state index is 6.00. The van der Waals surface area contributed by atoms with E-state index in [1.165, 1.54) is 0 Å². The van der Waals surface area contributed by atoms with Crippen molar-refractivity contribution in [2.45, 2.75) is 26.1 Å². The van der Waals surface area contributed by atoms with E-state index in [1.807, 2.05) is 48.6 Å². The first-order chi connectivity index (χ1) is 13.8. The molecule has 2 heteroatoms. The standard InChI is InChI=1S/C26H26O2/c1-3-9-23-11-5-7-13-25(23)27-19-21-15-17-22(18-16-21)20-28-26-14-8-6-12-24(26)10-4-2/h3-8,11-18H,1-2,9-10,19-20H2. The number of benzene rings is 3. The summed E-state index contributed by atoms with van der Waals surface area (Å²) in [5.41, 5.74) is 4.56. The lowest BCUT2D eigenvalue weighted by molar-refractivity contribution is 0.300. The Morgan fingerprint density at radius 2 is 0.964 bits per heavy atom. The molecule has 0 amide bonds. The summed E-state index contributed by atoms with van der Waals surface area (Å²) < 4.78 is 12.0. The fraction of sp³-hybridized carbons (Fsp3) is 0.154. The van der Waals surface area contributed by atoms with Gasteiger partial charge in [0.25, 0.3) is 0 Å². The monoisotopic (exact) mass is 370 g/mol. The van der Waals surface area contributed by atoms with Crippen LogP contribution in [0.15, 0.2) is 98.1 Å². The molecule has 3 rings (SSSR count). The third-order valence-electron chi connectivity index (χ3n) is 4.49. The van der Waals surface area contributed by atoms with Crippen molar-refractivity contribution in [3.8, 4) is 11.5 Å². The normalized spacial score (nSPS) is 10.3. The van der Waals surface area contributed by atoms with Crippen molar-refractivity contribution in [3.05, 3.63) is 120 Å². The number of hydrogen-bond acceptors (Lipinski definition) is 2. The first-order valence-electron chi connectivity index (χ1n) is 9.51. The second kappa shape index (κ2) is 10.2. The summed E-state index contributed by atoms with van der Waals surface area (Å²) >= 11 is 0. The lowest BCUT2D eigenvalue weighted by Gasteiger charge is -2.12. The Balaban J connectivity index is 1.57. The van der Waals surface area contributed by atoms with Gasteiger partial charge in [0.2, 0.25) is 0 Å². The van der Waals surface area contributed by atoms with E-state index in [1.54, 1.807) is 0 Å². The summed E-state index contributed by atoms with van der Waals surface area (Å²) in [6, 6.07) is 24.5. The van der Waals surface area contributed by atoms with Crippen LogP contribution in [0.4, 0.5) is 0 Å². The zero-order valence-corrected chi connectivity index (χ0v) is 16.1. The fourth-order valence-electron chi connectivity index (χ4n) is 2.99. The molecule has 0 aliphatic carbocycles. The van der Waals surface area contributed by atoms with Crippen molar-refractivity contribution >= 4 is 0 Å². The SMILES string of the molecule is C=CCc1ccccc1OCc1ccc(COc2ccccc2CC=C)cc1. The number of allylic oxidation sites excluding steroid dienone is 2. The van der Waals surface area contributed by atoms with Crippen molar-refractivity contribution in [2.75, 3.05) is 0 Å². The van der Waals surface area contributed by atoms with Crippen molar-refractivity contribution in [1.29, 1.82) is 0 Å². The largest absolute Gasteiger partial charge is 0.489 e. The lowest BCUT2D eigenvalue weighted by Crippen LogP contribution is -2.00. The number of ether oxygens (including phenoxy) is 2. The predicted molar refractivity (Wildman–Crippen MR) is 116 cm³/mol. The number of hydrogen-bond donors (Lipinski definition) is 0. The van der Waals surface area contributed by atoms with Gasteiger partial charge < -0.3 is 9.47 Å². The fourth-order valence-corrected chi connectivity index (χ4v) is 2.99. The highest BCUT2D eigenvalue weighted by Gasteiger charge is 2.04. The van der Waals surface area contributed by atoms with Gasteiger partial charge in [0.1, 0.15) is 24.7 Å². The predicted octanol–water partition coefficient (Wildman–Crippen LogP) is 6.30. The molecule has 3 aromatic rings. The molecule has 0 aromatic heterocycles. The summed E-state index contributed by atoms with van der Waals surface area (Å²) in [4.78, 5) is 0. The molecule has 3 aromatic carbocycles. The van der Waals surface area contributed by atoms with Crippen LogP contribution >= 0.6 is 0 Å². The van der Waals surface area contributed by atoms with Crippen LogP contribution in [0.25, 0.3) is 0 Å². The average molecular weight is 370 g/mol. The van der Waals surface area contributed by atoms with Crippen LogP contribution in [0.3, 0.4) is 0 Å². The third kappa shape index (κ3) is 5.37. The van der Waals surface area contributed by atoms with Crippen LogP contribution in [0.1, 0.15) is 22.3 Å². The molecule has 0 saturated carbocycles. The van der Waals surface area contributed by atoms with E-state index < -0.39 is 0 Å².